The van der Waals surface area contributed by atoms with Crippen LogP contribution >= 0.6 is 0 Å². The minimum absolute atomic E-state index is 0.0512. The fraction of sp³-hybridized carbons (Fsp3) is 0.429. The molecule has 28 heavy (non-hydrogen) atoms. The number of carboxylic acids is 1. The summed E-state index contributed by atoms with van der Waals surface area (Å²) in [5, 5.41) is 11.9. The predicted octanol–water partition coefficient (Wildman–Crippen LogP) is 3.03. The largest absolute Gasteiger partial charge is 0.480 e. The highest BCUT2D eigenvalue weighted by molar-refractivity contribution is 5.74. The van der Waals surface area contributed by atoms with Crippen molar-refractivity contribution in [2.75, 3.05) is 26.2 Å². The van der Waals surface area contributed by atoms with E-state index in [1.54, 1.807) is 4.90 Å². The molecule has 1 saturated heterocycles. The number of urea groups is 1. The maximum absolute atomic E-state index is 12.4. The summed E-state index contributed by atoms with van der Waals surface area (Å²) >= 11 is 0. The lowest BCUT2D eigenvalue weighted by atomic mass is 10.0. The molecule has 0 spiro atoms. The molecule has 0 radical (unpaired) electrons. The number of likely N-dealkylation sites (tertiary alicyclic amines) is 1. The monoisotopic (exact) mass is 385 g/mol. The molecule has 0 bridgehead atoms. The lowest BCUT2D eigenvalue weighted by molar-refractivity contribution is -0.139. The second-order valence-corrected chi connectivity index (χ2v) is 6.97. The van der Waals surface area contributed by atoms with E-state index in [1.165, 1.54) is 0 Å². The van der Waals surface area contributed by atoms with Crippen LogP contribution in [0.5, 0.6) is 0 Å². The molecular weight excluding hydrogens is 358 g/mol. The summed E-state index contributed by atoms with van der Waals surface area (Å²) in [7, 11) is 0. The number of furan rings is 1. The van der Waals surface area contributed by atoms with E-state index in [9.17, 15) is 9.59 Å². The van der Waals surface area contributed by atoms with Crippen LogP contribution in [0.25, 0.3) is 11.3 Å². The number of rotatable bonds is 7. The number of likely N-dealkylation sites (N-methyl/N-ethyl adjacent to an activating group) is 1. The van der Waals surface area contributed by atoms with Gasteiger partial charge < -0.3 is 19.7 Å². The zero-order valence-electron chi connectivity index (χ0n) is 16.1. The van der Waals surface area contributed by atoms with Crippen molar-refractivity contribution >= 4 is 12.0 Å². The summed E-state index contributed by atoms with van der Waals surface area (Å²) in [6.07, 6.45) is 1.57. The van der Waals surface area contributed by atoms with E-state index in [-0.39, 0.29) is 18.6 Å². The number of benzene rings is 1. The standard InChI is InChI=1S/C21H27N3O4/c1-2-23(15-20(25)26)17-10-12-24(13-11-17)21(27)22-14-18-8-9-19(28-18)16-6-4-3-5-7-16/h3-9,17H,2,10-15H2,1H3,(H,22,27)(H,25,26). The Hall–Kier alpha value is -2.80. The van der Waals surface area contributed by atoms with E-state index in [4.69, 9.17) is 9.52 Å². The molecule has 2 N–H and O–H groups in total. The van der Waals surface area contributed by atoms with Crippen LogP contribution in [0.3, 0.4) is 0 Å². The average Bonchev–Trinajstić information content (AvgIpc) is 3.20. The number of hydrogen-bond acceptors (Lipinski definition) is 4. The molecule has 7 heteroatoms. The molecule has 150 valence electrons. The van der Waals surface area contributed by atoms with E-state index in [0.29, 0.717) is 31.9 Å². The molecule has 2 amide bonds. The topological polar surface area (TPSA) is 86.0 Å². The molecule has 0 saturated carbocycles. The van der Waals surface area contributed by atoms with E-state index in [1.807, 2.05) is 54.3 Å². The number of carbonyl (C=O) groups excluding carboxylic acids is 1. The van der Waals surface area contributed by atoms with Gasteiger partial charge in [0.05, 0.1) is 13.1 Å². The smallest absolute Gasteiger partial charge is 0.317 e. The number of carbonyl (C=O) groups is 2. The van der Waals surface area contributed by atoms with Crippen molar-refractivity contribution in [1.82, 2.24) is 15.1 Å². The summed E-state index contributed by atoms with van der Waals surface area (Å²) in [5.41, 5.74) is 1.00. The van der Waals surface area contributed by atoms with Crippen LogP contribution in [0.1, 0.15) is 25.5 Å². The van der Waals surface area contributed by atoms with Crippen LogP contribution in [-0.4, -0.2) is 59.1 Å². The van der Waals surface area contributed by atoms with Crippen molar-refractivity contribution < 1.29 is 19.1 Å². The Morgan fingerprint density at radius 3 is 2.54 bits per heavy atom. The van der Waals surface area contributed by atoms with Crippen LogP contribution in [0.2, 0.25) is 0 Å². The van der Waals surface area contributed by atoms with Crippen molar-refractivity contribution in [3.63, 3.8) is 0 Å². The molecule has 2 heterocycles. The Morgan fingerprint density at radius 2 is 1.89 bits per heavy atom. The third kappa shape index (κ3) is 5.13. The molecule has 0 aliphatic carbocycles. The lowest BCUT2D eigenvalue weighted by Gasteiger charge is -2.37. The number of hydrogen-bond donors (Lipinski definition) is 2. The van der Waals surface area contributed by atoms with Crippen LogP contribution in [0, 0.1) is 0 Å². The lowest BCUT2D eigenvalue weighted by Crippen LogP contribution is -2.50. The third-order valence-electron chi connectivity index (χ3n) is 5.15. The van der Waals surface area contributed by atoms with Gasteiger partial charge in [0.2, 0.25) is 0 Å². The van der Waals surface area contributed by atoms with E-state index in [2.05, 4.69) is 5.32 Å². The first-order valence-electron chi connectivity index (χ1n) is 9.69. The fourth-order valence-corrected chi connectivity index (χ4v) is 3.61. The van der Waals surface area contributed by atoms with Gasteiger partial charge in [0, 0.05) is 24.7 Å². The Kier molecular flexibility index (Phi) is 6.71. The molecule has 1 aliphatic rings. The maximum Gasteiger partial charge on any atom is 0.317 e. The van der Waals surface area contributed by atoms with Crippen LogP contribution in [0.15, 0.2) is 46.9 Å². The predicted molar refractivity (Wildman–Crippen MR) is 106 cm³/mol. The normalized spacial score (nSPS) is 15.0. The van der Waals surface area contributed by atoms with Gasteiger partial charge in [-0.1, -0.05) is 37.3 Å². The van der Waals surface area contributed by atoms with Crippen molar-refractivity contribution in [2.45, 2.75) is 32.4 Å². The van der Waals surface area contributed by atoms with E-state index < -0.39 is 5.97 Å². The molecule has 0 atom stereocenters. The zero-order chi connectivity index (χ0) is 19.9. The van der Waals surface area contributed by atoms with Crippen molar-refractivity contribution in [3.8, 4) is 11.3 Å². The van der Waals surface area contributed by atoms with Crippen molar-refractivity contribution in [3.05, 3.63) is 48.2 Å². The second kappa shape index (κ2) is 9.41. The van der Waals surface area contributed by atoms with Gasteiger partial charge in [-0.2, -0.15) is 0 Å². The molecule has 0 unspecified atom stereocenters. The van der Waals surface area contributed by atoms with Gasteiger partial charge in [-0.3, -0.25) is 9.69 Å². The summed E-state index contributed by atoms with van der Waals surface area (Å²) in [4.78, 5) is 27.2. The first-order chi connectivity index (χ1) is 13.6. The number of amides is 2. The van der Waals surface area contributed by atoms with Crippen molar-refractivity contribution in [2.24, 2.45) is 0 Å². The Balaban J connectivity index is 1.46. The van der Waals surface area contributed by atoms with Crippen LogP contribution in [-0.2, 0) is 11.3 Å². The van der Waals surface area contributed by atoms with Gasteiger partial charge in [0.15, 0.2) is 0 Å². The summed E-state index contributed by atoms with van der Waals surface area (Å²) in [5.74, 6) is 0.680. The second-order valence-electron chi connectivity index (χ2n) is 6.97. The Bertz CT molecular complexity index is 782. The summed E-state index contributed by atoms with van der Waals surface area (Å²) in [6.45, 7) is 4.31. The van der Waals surface area contributed by atoms with Gasteiger partial charge in [-0.05, 0) is 31.5 Å². The number of nitrogens with zero attached hydrogens (tertiary/aromatic N) is 2. The molecule has 1 aliphatic heterocycles. The minimum Gasteiger partial charge on any atom is -0.480 e. The quantitative estimate of drug-likeness (QED) is 0.765. The molecule has 1 fully saturated rings. The van der Waals surface area contributed by atoms with Crippen molar-refractivity contribution in [1.29, 1.82) is 0 Å². The van der Waals surface area contributed by atoms with Gasteiger partial charge in [0.25, 0.3) is 0 Å². The van der Waals surface area contributed by atoms with Crippen LogP contribution < -0.4 is 5.32 Å². The molecule has 7 nitrogen and oxygen atoms in total. The third-order valence-corrected chi connectivity index (χ3v) is 5.15. The Labute approximate surface area is 164 Å². The van der Waals surface area contributed by atoms with Gasteiger partial charge in [-0.15, -0.1) is 0 Å². The zero-order valence-corrected chi connectivity index (χ0v) is 16.1. The van der Waals surface area contributed by atoms with Crippen LogP contribution in [0.4, 0.5) is 4.79 Å². The van der Waals surface area contributed by atoms with Gasteiger partial charge in [-0.25, -0.2) is 4.79 Å². The molecule has 2 aromatic rings. The number of aliphatic carboxylic acids is 1. The highest BCUT2D eigenvalue weighted by Gasteiger charge is 2.27. The number of piperidine rings is 1. The molecule has 1 aromatic carbocycles. The maximum atomic E-state index is 12.4. The highest BCUT2D eigenvalue weighted by Crippen LogP contribution is 2.22. The molecular formula is C21H27N3O4. The SMILES string of the molecule is CCN(CC(=O)O)C1CCN(C(=O)NCc2ccc(-c3ccccc3)o2)CC1. The minimum atomic E-state index is -0.810. The number of carboxylic acid groups (broad SMARTS) is 1. The molecule has 1 aromatic heterocycles. The number of nitrogens with one attached hydrogen (secondary N) is 1. The first-order valence-corrected chi connectivity index (χ1v) is 9.69. The van der Waals surface area contributed by atoms with E-state index >= 15 is 0 Å². The highest BCUT2D eigenvalue weighted by atomic mass is 16.4. The first kappa shape index (κ1) is 19.9. The summed E-state index contributed by atoms with van der Waals surface area (Å²) in [6, 6.07) is 13.7. The average molecular weight is 385 g/mol. The van der Waals surface area contributed by atoms with Gasteiger partial charge in [0.1, 0.15) is 11.5 Å². The fourth-order valence-electron chi connectivity index (χ4n) is 3.61. The Morgan fingerprint density at radius 1 is 1.18 bits per heavy atom. The molecule has 3 rings (SSSR count). The van der Waals surface area contributed by atoms with E-state index in [0.717, 1.165) is 24.2 Å². The van der Waals surface area contributed by atoms with Gasteiger partial charge >= 0.3 is 12.0 Å². The summed E-state index contributed by atoms with van der Waals surface area (Å²) < 4.78 is 5.81.